The number of hydrogen-bond acceptors (Lipinski definition) is 4. The summed E-state index contributed by atoms with van der Waals surface area (Å²) in [7, 11) is 0. The van der Waals surface area contributed by atoms with E-state index >= 15 is 0 Å². The van der Waals surface area contributed by atoms with Gasteiger partial charge in [-0.1, -0.05) is 12.8 Å². The molecule has 0 aromatic heterocycles. The van der Waals surface area contributed by atoms with Crippen molar-refractivity contribution in [2.24, 2.45) is 5.73 Å². The maximum Gasteiger partial charge on any atom is 0.300 e. The lowest BCUT2D eigenvalue weighted by Crippen LogP contribution is -2.33. The van der Waals surface area contributed by atoms with Gasteiger partial charge in [0, 0.05) is 25.1 Å². The first-order valence-corrected chi connectivity index (χ1v) is 5.61. The van der Waals surface area contributed by atoms with Gasteiger partial charge in [0.15, 0.2) is 0 Å². The van der Waals surface area contributed by atoms with Gasteiger partial charge in [0.05, 0.1) is 0 Å². The first-order valence-electron chi connectivity index (χ1n) is 5.10. The number of thiol groups is 1. The molecule has 2 atom stereocenters. The molecule has 1 saturated carbocycles. The van der Waals surface area contributed by atoms with Gasteiger partial charge in [-0.15, -0.1) is 0 Å². The fraction of sp³-hybridized carbons (Fsp3) is 0.800. The third kappa shape index (κ3) is 18.9. The van der Waals surface area contributed by atoms with Crippen molar-refractivity contribution in [3.05, 3.63) is 0 Å². The summed E-state index contributed by atoms with van der Waals surface area (Å²) in [5.74, 6) is -1.67. The summed E-state index contributed by atoms with van der Waals surface area (Å²) in [4.78, 5) is 18.0. The number of hydrogen-bond donors (Lipinski definition) is 4. The van der Waals surface area contributed by atoms with Crippen molar-refractivity contribution < 1.29 is 19.8 Å². The molecule has 1 rings (SSSR count). The second kappa shape index (κ2) is 10.8. The summed E-state index contributed by atoms with van der Waals surface area (Å²) in [6, 6.07) is 0.368. The largest absolute Gasteiger partial charge is 0.481 e. The third-order valence-electron chi connectivity index (χ3n) is 1.78. The number of carboxylic acids is 2. The molecule has 6 heteroatoms. The highest BCUT2D eigenvalue weighted by molar-refractivity contribution is 7.81. The molecular weight excluding hydrogens is 230 g/mol. The molecule has 4 N–H and O–H groups in total. The molecule has 0 radical (unpaired) electrons. The minimum absolute atomic E-state index is 0.368. The Morgan fingerprint density at radius 2 is 1.44 bits per heavy atom. The summed E-state index contributed by atoms with van der Waals surface area (Å²) in [5, 5.41) is 15.3. The topological polar surface area (TPSA) is 101 Å². The molecule has 0 aromatic rings. The average molecular weight is 251 g/mol. The van der Waals surface area contributed by atoms with Gasteiger partial charge in [-0.05, 0) is 12.8 Å². The van der Waals surface area contributed by atoms with Crippen LogP contribution in [0, 0.1) is 0 Å². The van der Waals surface area contributed by atoms with Crippen LogP contribution < -0.4 is 5.73 Å². The standard InChI is InChI=1S/C6H13NS.2C2H4O2/c7-5-3-1-2-4-6(5)8;2*1-2(3)4/h5-6,8H,1-4,7H2;2*1H3,(H,3,4). The van der Waals surface area contributed by atoms with Crippen LogP contribution in [0.25, 0.3) is 0 Å². The Morgan fingerprint density at radius 3 is 1.62 bits per heavy atom. The van der Waals surface area contributed by atoms with Crippen LogP contribution in [0.3, 0.4) is 0 Å². The first kappa shape index (κ1) is 17.6. The molecular formula is C10H21NO4S. The lowest BCUT2D eigenvalue weighted by Gasteiger charge is -2.23. The molecule has 1 aliphatic rings. The van der Waals surface area contributed by atoms with Crippen molar-refractivity contribution in [1.29, 1.82) is 0 Å². The maximum atomic E-state index is 9.00. The Morgan fingerprint density at radius 1 is 1.12 bits per heavy atom. The lowest BCUT2D eigenvalue weighted by molar-refractivity contribution is -0.135. The molecule has 0 amide bonds. The smallest absolute Gasteiger partial charge is 0.300 e. The summed E-state index contributed by atoms with van der Waals surface area (Å²) in [5.41, 5.74) is 5.70. The van der Waals surface area contributed by atoms with Crippen molar-refractivity contribution in [3.8, 4) is 0 Å². The van der Waals surface area contributed by atoms with Gasteiger partial charge >= 0.3 is 0 Å². The van der Waals surface area contributed by atoms with Crippen molar-refractivity contribution in [1.82, 2.24) is 0 Å². The van der Waals surface area contributed by atoms with Crippen molar-refractivity contribution >= 4 is 24.6 Å². The Balaban J connectivity index is 0. The van der Waals surface area contributed by atoms with Crippen LogP contribution in [-0.2, 0) is 9.59 Å². The van der Waals surface area contributed by atoms with Crippen LogP contribution in [0.4, 0.5) is 0 Å². The normalized spacial score (nSPS) is 23.0. The second-order valence-corrected chi connectivity index (χ2v) is 4.22. The van der Waals surface area contributed by atoms with Gasteiger partial charge in [-0.3, -0.25) is 9.59 Å². The molecule has 16 heavy (non-hydrogen) atoms. The van der Waals surface area contributed by atoms with Crippen LogP contribution in [0.5, 0.6) is 0 Å². The van der Waals surface area contributed by atoms with E-state index < -0.39 is 11.9 Å². The van der Waals surface area contributed by atoms with E-state index in [1.165, 1.54) is 25.7 Å². The SMILES string of the molecule is CC(=O)O.CC(=O)O.NC1CCCCC1S. The van der Waals surface area contributed by atoms with E-state index in [4.69, 9.17) is 25.5 Å². The van der Waals surface area contributed by atoms with Crippen LogP contribution in [0.2, 0.25) is 0 Å². The Kier molecular flexibility index (Phi) is 11.9. The van der Waals surface area contributed by atoms with E-state index in [-0.39, 0.29) is 0 Å². The van der Waals surface area contributed by atoms with Crippen molar-refractivity contribution in [2.45, 2.75) is 50.8 Å². The summed E-state index contributed by atoms with van der Waals surface area (Å²) >= 11 is 4.33. The van der Waals surface area contributed by atoms with Crippen LogP contribution in [0.15, 0.2) is 0 Å². The highest BCUT2D eigenvalue weighted by Crippen LogP contribution is 2.20. The average Bonchev–Trinajstić information content (AvgIpc) is 2.08. The van der Waals surface area contributed by atoms with Crippen molar-refractivity contribution in [3.63, 3.8) is 0 Å². The summed E-state index contributed by atoms with van der Waals surface area (Å²) in [6.45, 7) is 2.17. The van der Waals surface area contributed by atoms with Crippen molar-refractivity contribution in [2.75, 3.05) is 0 Å². The number of rotatable bonds is 0. The predicted molar refractivity (Wildman–Crippen MR) is 65.8 cm³/mol. The monoisotopic (exact) mass is 251 g/mol. The molecule has 0 bridgehead atoms. The van der Waals surface area contributed by atoms with E-state index in [1.54, 1.807) is 0 Å². The number of aliphatic carboxylic acids is 2. The number of nitrogens with two attached hydrogens (primary N) is 1. The Hall–Kier alpha value is -0.750. The van der Waals surface area contributed by atoms with Crippen LogP contribution in [-0.4, -0.2) is 33.4 Å². The highest BCUT2D eigenvalue weighted by atomic mass is 32.1. The second-order valence-electron chi connectivity index (χ2n) is 3.55. The molecule has 0 aromatic carbocycles. The Labute approximate surface area is 101 Å². The minimum atomic E-state index is -0.833. The third-order valence-corrected chi connectivity index (χ3v) is 2.42. The zero-order chi connectivity index (χ0) is 13.1. The zero-order valence-electron chi connectivity index (χ0n) is 9.72. The molecule has 0 heterocycles. The van der Waals surface area contributed by atoms with Crippen LogP contribution >= 0.6 is 12.6 Å². The van der Waals surface area contributed by atoms with E-state index in [9.17, 15) is 0 Å². The Bertz CT molecular complexity index is 181. The lowest BCUT2D eigenvalue weighted by atomic mass is 9.96. The molecule has 96 valence electrons. The number of carbonyl (C=O) groups is 2. The number of carboxylic acid groups (broad SMARTS) is 2. The molecule has 0 spiro atoms. The minimum Gasteiger partial charge on any atom is -0.481 e. The predicted octanol–water partition coefficient (Wildman–Crippen LogP) is 1.37. The molecule has 1 fully saturated rings. The maximum absolute atomic E-state index is 9.00. The molecule has 0 aliphatic heterocycles. The zero-order valence-corrected chi connectivity index (χ0v) is 10.6. The van der Waals surface area contributed by atoms with Gasteiger partial charge in [-0.2, -0.15) is 12.6 Å². The summed E-state index contributed by atoms with van der Waals surface area (Å²) < 4.78 is 0. The van der Waals surface area contributed by atoms with Gasteiger partial charge in [-0.25, -0.2) is 0 Å². The van der Waals surface area contributed by atoms with E-state index in [2.05, 4.69) is 12.6 Å². The molecule has 1 aliphatic carbocycles. The fourth-order valence-corrected chi connectivity index (χ4v) is 1.47. The van der Waals surface area contributed by atoms with Gasteiger partial charge in [0.1, 0.15) is 0 Å². The first-order chi connectivity index (χ1) is 7.27. The molecule has 5 nitrogen and oxygen atoms in total. The highest BCUT2D eigenvalue weighted by Gasteiger charge is 2.16. The van der Waals surface area contributed by atoms with Gasteiger partial charge < -0.3 is 15.9 Å². The molecule has 2 unspecified atom stereocenters. The van der Waals surface area contributed by atoms with E-state index in [1.807, 2.05) is 0 Å². The molecule has 0 saturated heterocycles. The van der Waals surface area contributed by atoms with E-state index in [0.29, 0.717) is 11.3 Å². The van der Waals surface area contributed by atoms with E-state index in [0.717, 1.165) is 13.8 Å². The quantitative estimate of drug-likeness (QED) is 0.487. The van der Waals surface area contributed by atoms with Crippen LogP contribution in [0.1, 0.15) is 39.5 Å². The van der Waals surface area contributed by atoms with Gasteiger partial charge in [0.2, 0.25) is 0 Å². The van der Waals surface area contributed by atoms with Gasteiger partial charge in [0.25, 0.3) is 11.9 Å². The summed E-state index contributed by atoms with van der Waals surface area (Å²) in [6.07, 6.45) is 5.01. The fourth-order valence-electron chi connectivity index (χ4n) is 1.14.